The first-order valence-electron chi connectivity index (χ1n) is 4.43. The maximum absolute atomic E-state index is 11.9. The lowest BCUT2D eigenvalue weighted by Gasteiger charge is -2.11. The van der Waals surface area contributed by atoms with E-state index in [2.05, 4.69) is 15.9 Å². The monoisotopic (exact) mass is 301 g/mol. The van der Waals surface area contributed by atoms with Crippen molar-refractivity contribution in [2.24, 2.45) is 5.73 Å². The van der Waals surface area contributed by atoms with E-state index in [0.29, 0.717) is 6.42 Å². The molecule has 0 aliphatic rings. The van der Waals surface area contributed by atoms with Crippen LogP contribution < -0.4 is 5.73 Å². The molecule has 1 heterocycles. The number of thiophene rings is 1. The van der Waals surface area contributed by atoms with E-state index >= 15 is 0 Å². The van der Waals surface area contributed by atoms with Gasteiger partial charge in [0.15, 0.2) is 0 Å². The Kier molecular flexibility index (Phi) is 4.61. The van der Waals surface area contributed by atoms with E-state index in [9.17, 15) is 13.2 Å². The highest BCUT2D eigenvalue weighted by Crippen LogP contribution is 2.25. The zero-order valence-corrected chi connectivity index (χ0v) is 10.3. The topological polar surface area (TPSA) is 26.0 Å². The van der Waals surface area contributed by atoms with Crippen molar-refractivity contribution in [3.8, 4) is 0 Å². The molecule has 0 aliphatic heterocycles. The van der Waals surface area contributed by atoms with Gasteiger partial charge in [-0.1, -0.05) is 0 Å². The Bertz CT molecular complexity index is 311. The third-order valence-electron chi connectivity index (χ3n) is 1.89. The highest BCUT2D eigenvalue weighted by molar-refractivity contribution is 9.11. The highest BCUT2D eigenvalue weighted by atomic mass is 79.9. The van der Waals surface area contributed by atoms with Gasteiger partial charge in [-0.3, -0.25) is 0 Å². The summed E-state index contributed by atoms with van der Waals surface area (Å²) in [7, 11) is 0. The Balaban J connectivity index is 2.33. The Morgan fingerprint density at radius 2 is 2.07 bits per heavy atom. The lowest BCUT2D eigenvalue weighted by molar-refractivity contribution is -0.136. The third-order valence-corrected chi connectivity index (χ3v) is 3.54. The molecule has 0 saturated carbocycles. The Labute approximate surface area is 98.6 Å². The lowest BCUT2D eigenvalue weighted by atomic mass is 10.1. The number of halogens is 4. The van der Waals surface area contributed by atoms with Crippen LogP contribution in [0.1, 0.15) is 17.7 Å². The molecule has 1 atom stereocenters. The Hall–Kier alpha value is -0.0700. The number of hydrogen-bond donors (Lipinski definition) is 1. The summed E-state index contributed by atoms with van der Waals surface area (Å²) in [5.41, 5.74) is 5.61. The van der Waals surface area contributed by atoms with Crippen molar-refractivity contribution in [2.45, 2.75) is 31.5 Å². The van der Waals surface area contributed by atoms with Crippen molar-refractivity contribution in [2.75, 3.05) is 0 Å². The minimum absolute atomic E-state index is 0.0149. The van der Waals surface area contributed by atoms with Gasteiger partial charge in [0.05, 0.1) is 3.79 Å². The van der Waals surface area contributed by atoms with E-state index in [1.165, 1.54) is 11.3 Å². The molecule has 1 unspecified atom stereocenters. The van der Waals surface area contributed by atoms with E-state index in [-0.39, 0.29) is 6.42 Å². The fourth-order valence-electron chi connectivity index (χ4n) is 1.17. The lowest BCUT2D eigenvalue weighted by Crippen LogP contribution is -2.24. The molecule has 0 bridgehead atoms. The minimum atomic E-state index is -4.10. The summed E-state index contributed by atoms with van der Waals surface area (Å²) in [5.74, 6) is 0. The fraction of sp³-hybridized carbons (Fsp3) is 0.556. The van der Waals surface area contributed by atoms with Crippen LogP contribution in [0.25, 0.3) is 0 Å². The number of hydrogen-bond acceptors (Lipinski definition) is 2. The molecule has 1 rings (SSSR count). The molecule has 1 aromatic rings. The standard InChI is InChI=1S/C9H11BrF3NS/c10-8-2-1-7(15-8)5-6(14)3-4-9(11,12)13/h1-2,6H,3-5,14H2. The molecule has 0 fully saturated rings. The summed E-state index contributed by atoms with van der Waals surface area (Å²) in [6.07, 6.45) is -4.42. The van der Waals surface area contributed by atoms with Gasteiger partial charge in [0.25, 0.3) is 0 Å². The second kappa shape index (κ2) is 5.32. The van der Waals surface area contributed by atoms with Gasteiger partial charge in [-0.05, 0) is 40.9 Å². The molecule has 0 radical (unpaired) electrons. The first kappa shape index (κ1) is 13.0. The molecule has 15 heavy (non-hydrogen) atoms. The number of nitrogens with two attached hydrogens (primary N) is 1. The minimum Gasteiger partial charge on any atom is -0.327 e. The van der Waals surface area contributed by atoms with Crippen molar-refractivity contribution in [1.82, 2.24) is 0 Å². The van der Waals surface area contributed by atoms with Crippen LogP contribution in [0.5, 0.6) is 0 Å². The smallest absolute Gasteiger partial charge is 0.327 e. The summed E-state index contributed by atoms with van der Waals surface area (Å²) in [6, 6.07) is 3.33. The maximum atomic E-state index is 11.9. The third kappa shape index (κ3) is 5.53. The largest absolute Gasteiger partial charge is 0.389 e. The van der Waals surface area contributed by atoms with Crippen LogP contribution in [0.2, 0.25) is 0 Å². The van der Waals surface area contributed by atoms with Gasteiger partial charge < -0.3 is 5.73 Å². The molecule has 0 saturated heterocycles. The summed E-state index contributed by atoms with van der Waals surface area (Å²) in [4.78, 5) is 1.01. The summed E-state index contributed by atoms with van der Waals surface area (Å²) in [6.45, 7) is 0. The quantitative estimate of drug-likeness (QED) is 0.901. The van der Waals surface area contributed by atoms with Crippen molar-refractivity contribution in [3.05, 3.63) is 20.8 Å². The molecule has 2 N–H and O–H groups in total. The zero-order chi connectivity index (χ0) is 11.5. The molecule has 1 nitrogen and oxygen atoms in total. The van der Waals surface area contributed by atoms with Gasteiger partial charge in [0.2, 0.25) is 0 Å². The molecule has 6 heteroatoms. The zero-order valence-electron chi connectivity index (χ0n) is 7.85. The van der Waals surface area contributed by atoms with Crippen LogP contribution in [0.4, 0.5) is 13.2 Å². The van der Waals surface area contributed by atoms with Crippen molar-refractivity contribution in [1.29, 1.82) is 0 Å². The Morgan fingerprint density at radius 1 is 1.40 bits per heavy atom. The summed E-state index contributed by atoms with van der Waals surface area (Å²) in [5, 5.41) is 0. The second-order valence-corrected chi connectivity index (χ2v) is 5.87. The van der Waals surface area contributed by atoms with Gasteiger partial charge in [-0.2, -0.15) is 13.2 Å². The molecule has 86 valence electrons. The van der Waals surface area contributed by atoms with Crippen LogP contribution in [0.15, 0.2) is 15.9 Å². The molecular weight excluding hydrogens is 291 g/mol. The van der Waals surface area contributed by atoms with E-state index in [1.807, 2.05) is 12.1 Å². The number of rotatable bonds is 4. The van der Waals surface area contributed by atoms with E-state index in [1.54, 1.807) is 0 Å². The maximum Gasteiger partial charge on any atom is 0.389 e. The van der Waals surface area contributed by atoms with Crippen LogP contribution in [-0.2, 0) is 6.42 Å². The van der Waals surface area contributed by atoms with E-state index in [4.69, 9.17) is 5.73 Å². The molecule has 0 aromatic carbocycles. The van der Waals surface area contributed by atoms with Crippen molar-refractivity contribution >= 4 is 27.3 Å². The first-order valence-corrected chi connectivity index (χ1v) is 6.04. The highest BCUT2D eigenvalue weighted by Gasteiger charge is 2.27. The summed E-state index contributed by atoms with van der Waals surface area (Å²) >= 11 is 4.80. The van der Waals surface area contributed by atoms with Crippen molar-refractivity contribution in [3.63, 3.8) is 0 Å². The molecule has 0 amide bonds. The predicted octanol–water partition coefficient (Wildman–Crippen LogP) is 3.72. The van der Waals surface area contributed by atoms with Crippen LogP contribution in [-0.4, -0.2) is 12.2 Å². The summed E-state index contributed by atoms with van der Waals surface area (Å²) < 4.78 is 36.7. The fourth-order valence-corrected chi connectivity index (χ4v) is 2.75. The molecule has 1 aromatic heterocycles. The van der Waals surface area contributed by atoms with Gasteiger partial charge in [0, 0.05) is 17.3 Å². The SMILES string of the molecule is NC(CCC(F)(F)F)Cc1ccc(Br)s1. The number of alkyl halides is 3. The molecule has 0 aliphatic carbocycles. The van der Waals surface area contributed by atoms with Gasteiger partial charge >= 0.3 is 6.18 Å². The Morgan fingerprint density at radius 3 is 2.53 bits per heavy atom. The molecular formula is C9H11BrF3NS. The van der Waals surface area contributed by atoms with Gasteiger partial charge in [-0.15, -0.1) is 11.3 Å². The van der Waals surface area contributed by atoms with Gasteiger partial charge in [-0.25, -0.2) is 0 Å². The van der Waals surface area contributed by atoms with Crippen LogP contribution in [0, 0.1) is 0 Å². The van der Waals surface area contributed by atoms with Crippen LogP contribution >= 0.6 is 27.3 Å². The van der Waals surface area contributed by atoms with Crippen LogP contribution in [0.3, 0.4) is 0 Å². The van der Waals surface area contributed by atoms with Gasteiger partial charge in [0.1, 0.15) is 0 Å². The predicted molar refractivity (Wildman–Crippen MR) is 59.0 cm³/mol. The van der Waals surface area contributed by atoms with E-state index in [0.717, 1.165) is 8.66 Å². The molecule has 0 spiro atoms. The average molecular weight is 302 g/mol. The second-order valence-electron chi connectivity index (χ2n) is 3.32. The first-order chi connectivity index (χ1) is 6.87. The average Bonchev–Trinajstić information content (AvgIpc) is 2.47. The van der Waals surface area contributed by atoms with Crippen molar-refractivity contribution < 1.29 is 13.2 Å². The normalized spacial score (nSPS) is 14.2. The van der Waals surface area contributed by atoms with E-state index < -0.39 is 18.6 Å².